The molecule has 17 heavy (non-hydrogen) atoms. The summed E-state index contributed by atoms with van der Waals surface area (Å²) in [6, 6.07) is 7.87. The Labute approximate surface area is 111 Å². The molecule has 1 amide bonds. The summed E-state index contributed by atoms with van der Waals surface area (Å²) in [5, 5.41) is 5.99. The average molecular weight is 299 g/mol. The zero-order chi connectivity index (χ0) is 13.1. The van der Waals surface area contributed by atoms with E-state index < -0.39 is 5.54 Å². The van der Waals surface area contributed by atoms with Crippen molar-refractivity contribution in [3.05, 3.63) is 34.3 Å². The third kappa shape index (κ3) is 3.54. The van der Waals surface area contributed by atoms with Crippen molar-refractivity contribution in [3.63, 3.8) is 0 Å². The zero-order valence-electron chi connectivity index (χ0n) is 10.7. The summed E-state index contributed by atoms with van der Waals surface area (Å²) in [5.74, 6) is -0.0109. The van der Waals surface area contributed by atoms with Crippen LogP contribution in [0.2, 0.25) is 0 Å². The molecule has 1 atom stereocenters. The molecule has 1 aromatic carbocycles. The molecule has 0 spiro atoms. The third-order valence-electron chi connectivity index (χ3n) is 2.91. The van der Waals surface area contributed by atoms with Gasteiger partial charge in [-0.2, -0.15) is 0 Å². The second-order valence-corrected chi connectivity index (χ2v) is 5.45. The summed E-state index contributed by atoms with van der Waals surface area (Å²) in [6.45, 7) is 5.69. The normalized spacial score (nSPS) is 13.2. The van der Waals surface area contributed by atoms with E-state index >= 15 is 0 Å². The highest BCUT2D eigenvalue weighted by atomic mass is 79.9. The van der Waals surface area contributed by atoms with Crippen LogP contribution in [0.25, 0.3) is 0 Å². The van der Waals surface area contributed by atoms with Crippen LogP contribution in [0.3, 0.4) is 0 Å². The first-order valence-electron chi connectivity index (χ1n) is 5.63. The molecule has 0 saturated heterocycles. The number of nitrogens with one attached hydrogen (secondary N) is 2. The Bertz CT molecular complexity index is 404. The van der Waals surface area contributed by atoms with Gasteiger partial charge in [0.05, 0.1) is 11.6 Å². The van der Waals surface area contributed by atoms with E-state index in [2.05, 4.69) is 26.6 Å². The summed E-state index contributed by atoms with van der Waals surface area (Å²) < 4.78 is 1.01. The van der Waals surface area contributed by atoms with E-state index in [4.69, 9.17) is 0 Å². The molecular formula is C13H19BrN2O. The van der Waals surface area contributed by atoms with Crippen molar-refractivity contribution in [3.8, 4) is 0 Å². The van der Waals surface area contributed by atoms with Gasteiger partial charge < -0.3 is 10.6 Å². The minimum atomic E-state index is -0.560. The summed E-state index contributed by atoms with van der Waals surface area (Å²) in [4.78, 5) is 12.0. The maximum absolute atomic E-state index is 12.0. The molecule has 0 bridgehead atoms. The molecule has 0 saturated carbocycles. The van der Waals surface area contributed by atoms with Crippen LogP contribution in [0.5, 0.6) is 0 Å². The fraction of sp³-hybridized carbons (Fsp3) is 0.462. The lowest BCUT2D eigenvalue weighted by Crippen LogP contribution is -2.51. The second kappa shape index (κ2) is 5.65. The number of carbonyl (C=O) groups is 1. The quantitative estimate of drug-likeness (QED) is 0.897. The number of rotatable bonds is 4. The number of hydrogen-bond acceptors (Lipinski definition) is 2. The predicted molar refractivity (Wildman–Crippen MR) is 73.8 cm³/mol. The van der Waals surface area contributed by atoms with Gasteiger partial charge in [0.25, 0.3) is 0 Å². The number of carbonyl (C=O) groups excluding carboxylic acids is 1. The summed E-state index contributed by atoms with van der Waals surface area (Å²) in [5.41, 5.74) is 0.517. The van der Waals surface area contributed by atoms with Crippen LogP contribution in [0.1, 0.15) is 32.4 Å². The molecule has 0 heterocycles. The Hall–Kier alpha value is -0.870. The van der Waals surface area contributed by atoms with Gasteiger partial charge in [-0.15, -0.1) is 0 Å². The molecule has 1 rings (SSSR count). The lowest BCUT2D eigenvalue weighted by Gasteiger charge is -2.26. The Morgan fingerprint density at radius 2 is 1.94 bits per heavy atom. The molecular weight excluding hydrogens is 280 g/mol. The van der Waals surface area contributed by atoms with Crippen molar-refractivity contribution < 1.29 is 4.79 Å². The highest BCUT2D eigenvalue weighted by molar-refractivity contribution is 9.10. The monoisotopic (exact) mass is 298 g/mol. The first kappa shape index (κ1) is 14.2. The van der Waals surface area contributed by atoms with E-state index in [0.29, 0.717) is 0 Å². The van der Waals surface area contributed by atoms with Crippen LogP contribution < -0.4 is 10.6 Å². The van der Waals surface area contributed by atoms with Crippen LogP contribution in [-0.4, -0.2) is 18.5 Å². The Balaban J connectivity index is 2.77. The number of amides is 1. The standard InChI is InChI=1S/C13H19BrN2O/c1-9(10-7-5-6-8-11(10)14)16-12(17)13(2,3)15-4/h5-9,15H,1-4H3,(H,16,17)/t9-/m1/s1. The van der Waals surface area contributed by atoms with Gasteiger partial charge in [0.2, 0.25) is 5.91 Å². The number of benzene rings is 1. The van der Waals surface area contributed by atoms with E-state index in [0.717, 1.165) is 10.0 Å². The lowest BCUT2D eigenvalue weighted by atomic mass is 10.0. The molecule has 1 aromatic rings. The van der Waals surface area contributed by atoms with Gasteiger partial charge in [-0.05, 0) is 39.4 Å². The van der Waals surface area contributed by atoms with Gasteiger partial charge >= 0.3 is 0 Å². The highest BCUT2D eigenvalue weighted by Gasteiger charge is 2.26. The highest BCUT2D eigenvalue weighted by Crippen LogP contribution is 2.23. The van der Waals surface area contributed by atoms with E-state index in [9.17, 15) is 4.79 Å². The van der Waals surface area contributed by atoms with Crippen LogP contribution in [0, 0.1) is 0 Å². The summed E-state index contributed by atoms with van der Waals surface area (Å²) >= 11 is 3.49. The topological polar surface area (TPSA) is 41.1 Å². The van der Waals surface area contributed by atoms with Crippen LogP contribution in [0.4, 0.5) is 0 Å². The van der Waals surface area contributed by atoms with Gasteiger partial charge in [-0.25, -0.2) is 0 Å². The van der Waals surface area contributed by atoms with Gasteiger partial charge in [-0.3, -0.25) is 4.79 Å². The minimum absolute atomic E-state index is 0.0109. The maximum Gasteiger partial charge on any atom is 0.240 e. The number of likely N-dealkylation sites (N-methyl/N-ethyl adjacent to an activating group) is 1. The minimum Gasteiger partial charge on any atom is -0.348 e. The molecule has 0 aliphatic rings. The van der Waals surface area contributed by atoms with Gasteiger partial charge in [0.1, 0.15) is 0 Å². The summed E-state index contributed by atoms with van der Waals surface area (Å²) in [6.07, 6.45) is 0. The van der Waals surface area contributed by atoms with E-state index in [1.807, 2.05) is 45.0 Å². The molecule has 0 unspecified atom stereocenters. The van der Waals surface area contributed by atoms with Crippen LogP contribution >= 0.6 is 15.9 Å². The Morgan fingerprint density at radius 1 is 1.35 bits per heavy atom. The number of hydrogen-bond donors (Lipinski definition) is 2. The van der Waals surface area contributed by atoms with E-state index in [1.165, 1.54) is 0 Å². The van der Waals surface area contributed by atoms with Gasteiger partial charge in [0.15, 0.2) is 0 Å². The number of halogens is 1. The van der Waals surface area contributed by atoms with Crippen LogP contribution in [0.15, 0.2) is 28.7 Å². The molecule has 0 aliphatic heterocycles. The molecule has 0 aliphatic carbocycles. The van der Waals surface area contributed by atoms with Crippen molar-refractivity contribution in [2.24, 2.45) is 0 Å². The van der Waals surface area contributed by atoms with E-state index in [1.54, 1.807) is 7.05 Å². The van der Waals surface area contributed by atoms with Gasteiger partial charge in [-0.1, -0.05) is 34.1 Å². The third-order valence-corrected chi connectivity index (χ3v) is 3.63. The lowest BCUT2D eigenvalue weighted by molar-refractivity contribution is -0.126. The molecule has 0 aromatic heterocycles. The van der Waals surface area contributed by atoms with Crippen molar-refractivity contribution in [1.82, 2.24) is 10.6 Å². The fourth-order valence-electron chi connectivity index (χ4n) is 1.39. The van der Waals surface area contributed by atoms with Gasteiger partial charge in [0, 0.05) is 4.47 Å². The van der Waals surface area contributed by atoms with Crippen molar-refractivity contribution in [1.29, 1.82) is 0 Å². The smallest absolute Gasteiger partial charge is 0.240 e. The molecule has 4 heteroatoms. The predicted octanol–water partition coefficient (Wildman–Crippen LogP) is 2.62. The Kier molecular flexibility index (Phi) is 4.71. The molecule has 2 N–H and O–H groups in total. The van der Waals surface area contributed by atoms with Crippen LogP contribution in [-0.2, 0) is 4.79 Å². The average Bonchev–Trinajstić information content (AvgIpc) is 2.29. The fourth-order valence-corrected chi connectivity index (χ4v) is 2.02. The Morgan fingerprint density at radius 3 is 2.47 bits per heavy atom. The zero-order valence-corrected chi connectivity index (χ0v) is 12.3. The molecule has 0 fully saturated rings. The first-order valence-corrected chi connectivity index (χ1v) is 6.42. The van der Waals surface area contributed by atoms with E-state index in [-0.39, 0.29) is 11.9 Å². The maximum atomic E-state index is 12.0. The molecule has 94 valence electrons. The van der Waals surface area contributed by atoms with Crippen molar-refractivity contribution in [2.75, 3.05) is 7.05 Å². The second-order valence-electron chi connectivity index (χ2n) is 4.59. The molecule has 0 radical (unpaired) electrons. The van der Waals surface area contributed by atoms with Crippen molar-refractivity contribution in [2.45, 2.75) is 32.4 Å². The molecule has 3 nitrogen and oxygen atoms in total. The van der Waals surface area contributed by atoms with Crippen molar-refractivity contribution >= 4 is 21.8 Å². The first-order chi connectivity index (χ1) is 7.88. The summed E-state index contributed by atoms with van der Waals surface area (Å²) in [7, 11) is 1.78. The largest absolute Gasteiger partial charge is 0.348 e. The SMILES string of the molecule is CNC(C)(C)C(=O)N[C@H](C)c1ccccc1Br.